The van der Waals surface area contributed by atoms with Gasteiger partial charge in [-0.3, -0.25) is 9.36 Å². The predicted octanol–water partition coefficient (Wildman–Crippen LogP) is 6.63. The zero-order chi connectivity index (χ0) is 33.0. The van der Waals surface area contributed by atoms with Crippen LogP contribution in [0.25, 0.3) is 21.0 Å². The Morgan fingerprint density at radius 1 is 1.17 bits per heavy atom. The first-order valence-corrected chi connectivity index (χ1v) is 16.8. The van der Waals surface area contributed by atoms with E-state index in [1.807, 2.05) is 24.3 Å². The molecule has 4 aromatic rings. The van der Waals surface area contributed by atoms with Crippen LogP contribution in [0.2, 0.25) is 0 Å². The number of rotatable bonds is 10. The Balaban J connectivity index is 1.52. The summed E-state index contributed by atoms with van der Waals surface area (Å²) in [6.45, 7) is 9.74. The highest BCUT2D eigenvalue weighted by atomic mass is 32.1. The summed E-state index contributed by atoms with van der Waals surface area (Å²) < 4.78 is 20.6. The SMILES string of the molecule is COc1ccccc1C(Cn1c(=O)n(C(C)(C)C(=O)O)c(=O)c2c(C)c(-c3ncco3)sc21)OCC12CC(C)CC(CC(C)C1)C2. The van der Waals surface area contributed by atoms with E-state index in [4.69, 9.17) is 13.9 Å². The van der Waals surface area contributed by atoms with E-state index in [0.717, 1.165) is 29.4 Å². The van der Waals surface area contributed by atoms with Crippen molar-refractivity contribution in [1.82, 2.24) is 14.1 Å². The Kier molecular flexibility index (Phi) is 8.52. The molecule has 3 heterocycles. The minimum Gasteiger partial charge on any atom is -0.496 e. The quantitative estimate of drug-likeness (QED) is 0.203. The molecule has 0 radical (unpaired) electrons. The van der Waals surface area contributed by atoms with Gasteiger partial charge in [-0.2, -0.15) is 0 Å². The summed E-state index contributed by atoms with van der Waals surface area (Å²) in [4.78, 5) is 46.1. The third-order valence-corrected chi connectivity index (χ3v) is 11.4. The minimum atomic E-state index is -1.81. The van der Waals surface area contributed by atoms with Gasteiger partial charge in [0.2, 0.25) is 5.89 Å². The number of thiophene rings is 1. The van der Waals surface area contributed by atoms with Crippen molar-refractivity contribution in [2.24, 2.45) is 23.2 Å². The van der Waals surface area contributed by atoms with E-state index in [1.165, 1.54) is 55.1 Å². The standard InChI is InChI=1S/C35H43N3O7S/c1-20-13-23-14-21(2)16-35(15-20,17-23)19-45-26(24-9-7-8-10-25(24)43-6)18-37-31-27(22(3)28(46-31)29-36-11-12-44-29)30(39)38(33(37)42)34(4,5)32(40)41/h7-12,20-21,23,26H,13-19H2,1-6H3,(H,40,41). The van der Waals surface area contributed by atoms with Crippen LogP contribution >= 0.6 is 11.3 Å². The predicted molar refractivity (Wildman–Crippen MR) is 177 cm³/mol. The van der Waals surface area contributed by atoms with Crippen LogP contribution in [0.4, 0.5) is 0 Å². The van der Waals surface area contributed by atoms with Crippen molar-refractivity contribution < 1.29 is 23.8 Å². The molecule has 46 heavy (non-hydrogen) atoms. The first kappa shape index (κ1) is 32.2. The maximum absolute atomic E-state index is 14.4. The van der Waals surface area contributed by atoms with Crippen LogP contribution < -0.4 is 16.0 Å². The zero-order valence-corrected chi connectivity index (χ0v) is 28.2. The summed E-state index contributed by atoms with van der Waals surface area (Å²) in [7, 11) is 1.61. The van der Waals surface area contributed by atoms with Gasteiger partial charge in [0.15, 0.2) is 0 Å². The first-order valence-electron chi connectivity index (χ1n) is 16.0. The van der Waals surface area contributed by atoms with Gasteiger partial charge in [-0.1, -0.05) is 32.0 Å². The highest BCUT2D eigenvalue weighted by molar-refractivity contribution is 7.22. The summed E-state index contributed by atoms with van der Waals surface area (Å²) in [6, 6.07) is 7.61. The fourth-order valence-corrected chi connectivity index (χ4v) is 9.58. The molecule has 1 N–H and O–H groups in total. The molecule has 0 saturated heterocycles. The molecule has 0 aliphatic heterocycles. The Morgan fingerprint density at radius 3 is 2.50 bits per heavy atom. The average molecular weight is 650 g/mol. The minimum absolute atomic E-state index is 0.0429. The zero-order valence-electron chi connectivity index (χ0n) is 27.4. The number of oxazole rings is 1. The molecule has 3 aromatic heterocycles. The average Bonchev–Trinajstić information content (AvgIpc) is 3.64. The van der Waals surface area contributed by atoms with Crippen molar-refractivity contribution in [2.45, 2.75) is 84.9 Å². The number of aromatic nitrogens is 3. The topological polar surface area (TPSA) is 126 Å². The number of benzene rings is 1. The Hall–Kier alpha value is -3.70. The van der Waals surface area contributed by atoms with Crippen molar-refractivity contribution in [2.75, 3.05) is 13.7 Å². The van der Waals surface area contributed by atoms with Gasteiger partial charge >= 0.3 is 11.7 Å². The van der Waals surface area contributed by atoms with Gasteiger partial charge in [0.25, 0.3) is 5.56 Å². The second-order valence-corrected chi connectivity index (χ2v) is 15.2. The molecule has 2 fully saturated rings. The van der Waals surface area contributed by atoms with Gasteiger partial charge < -0.3 is 19.0 Å². The molecule has 2 saturated carbocycles. The molecule has 10 nitrogen and oxygen atoms in total. The molecule has 2 bridgehead atoms. The van der Waals surface area contributed by atoms with Crippen LogP contribution in [0.1, 0.15) is 77.0 Å². The lowest BCUT2D eigenvalue weighted by Crippen LogP contribution is -2.52. The molecule has 3 unspecified atom stereocenters. The summed E-state index contributed by atoms with van der Waals surface area (Å²) >= 11 is 1.23. The fraction of sp³-hybridized carbons (Fsp3) is 0.543. The lowest BCUT2D eigenvalue weighted by Gasteiger charge is -2.50. The molecule has 3 atom stereocenters. The van der Waals surface area contributed by atoms with E-state index in [2.05, 4.69) is 18.8 Å². The number of hydrogen-bond donors (Lipinski definition) is 1. The smallest absolute Gasteiger partial charge is 0.333 e. The number of carbonyl (C=O) groups is 1. The van der Waals surface area contributed by atoms with E-state index < -0.39 is 28.9 Å². The highest BCUT2D eigenvalue weighted by Crippen LogP contribution is 2.53. The summed E-state index contributed by atoms with van der Waals surface area (Å²) in [5.41, 5.74) is -1.80. The summed E-state index contributed by atoms with van der Waals surface area (Å²) in [5.74, 6) is 1.58. The lowest BCUT2D eigenvalue weighted by molar-refractivity contribution is -0.146. The monoisotopic (exact) mass is 649 g/mol. The van der Waals surface area contributed by atoms with E-state index in [9.17, 15) is 19.5 Å². The maximum atomic E-state index is 14.4. The number of methoxy groups -OCH3 is 1. The van der Waals surface area contributed by atoms with Crippen LogP contribution in [-0.4, -0.2) is 38.9 Å². The molecule has 246 valence electrons. The van der Waals surface area contributed by atoms with Gasteiger partial charge in [0, 0.05) is 5.56 Å². The summed E-state index contributed by atoms with van der Waals surface area (Å²) in [6.07, 6.45) is 8.17. The van der Waals surface area contributed by atoms with Gasteiger partial charge in [0.05, 0.1) is 36.7 Å². The number of hydrogen-bond acceptors (Lipinski definition) is 8. The van der Waals surface area contributed by atoms with Crippen molar-refractivity contribution in [3.05, 3.63) is 68.7 Å². The molecule has 0 amide bonds. The number of nitrogens with zero attached hydrogens (tertiary/aromatic N) is 3. The van der Waals surface area contributed by atoms with E-state index >= 15 is 0 Å². The number of ether oxygens (including phenoxy) is 2. The normalized spacial score (nSPS) is 23.8. The number of para-hydroxylation sites is 1. The molecular weight excluding hydrogens is 606 g/mol. The van der Waals surface area contributed by atoms with Crippen molar-refractivity contribution in [3.63, 3.8) is 0 Å². The molecule has 1 aromatic carbocycles. The van der Waals surface area contributed by atoms with Crippen molar-refractivity contribution >= 4 is 27.5 Å². The largest absolute Gasteiger partial charge is 0.496 e. The fourth-order valence-electron chi connectivity index (χ4n) is 8.34. The second kappa shape index (κ2) is 12.2. The second-order valence-electron chi connectivity index (χ2n) is 14.2. The van der Waals surface area contributed by atoms with Crippen molar-refractivity contribution in [3.8, 4) is 16.5 Å². The summed E-state index contributed by atoms with van der Waals surface area (Å²) in [5, 5.41) is 10.4. The number of aliphatic carboxylic acids is 1. The van der Waals surface area contributed by atoms with Crippen LogP contribution in [0.5, 0.6) is 5.75 Å². The molecule has 6 rings (SSSR count). The van der Waals surface area contributed by atoms with Crippen molar-refractivity contribution in [1.29, 1.82) is 0 Å². The third kappa shape index (κ3) is 5.61. The van der Waals surface area contributed by atoms with Gasteiger partial charge in [-0.25, -0.2) is 19.1 Å². The number of carboxylic acid groups (broad SMARTS) is 1. The van der Waals surface area contributed by atoms with Crippen LogP contribution in [0.15, 0.2) is 50.7 Å². The van der Waals surface area contributed by atoms with Crippen LogP contribution in [0, 0.1) is 30.1 Å². The Bertz CT molecular complexity index is 1850. The molecular formula is C35H43N3O7S. The molecule has 2 aliphatic rings. The Labute approximate surface area is 272 Å². The molecule has 2 aliphatic carbocycles. The van der Waals surface area contributed by atoms with Crippen LogP contribution in [-0.2, 0) is 21.6 Å². The lowest BCUT2D eigenvalue weighted by atomic mass is 9.57. The van der Waals surface area contributed by atoms with Gasteiger partial charge in [-0.05, 0) is 87.7 Å². The Morgan fingerprint density at radius 2 is 1.87 bits per heavy atom. The molecule has 0 spiro atoms. The molecule has 11 heteroatoms. The van der Waals surface area contributed by atoms with Crippen LogP contribution in [0.3, 0.4) is 0 Å². The highest BCUT2D eigenvalue weighted by Gasteiger charge is 2.45. The number of carboxylic acids is 1. The number of aryl methyl sites for hydroxylation is 1. The number of fused-ring (bicyclic) bond motifs is 3. The van der Waals surface area contributed by atoms with Gasteiger partial charge in [0.1, 0.15) is 28.5 Å². The first-order chi connectivity index (χ1) is 21.8. The van der Waals surface area contributed by atoms with E-state index in [0.29, 0.717) is 51.3 Å². The third-order valence-electron chi connectivity index (χ3n) is 10.1. The van der Waals surface area contributed by atoms with E-state index in [1.54, 1.807) is 14.0 Å². The van der Waals surface area contributed by atoms with E-state index in [-0.39, 0.29) is 17.3 Å². The maximum Gasteiger partial charge on any atom is 0.333 e. The van der Waals surface area contributed by atoms with Gasteiger partial charge in [-0.15, -0.1) is 11.3 Å².